The van der Waals surface area contributed by atoms with Gasteiger partial charge in [0.25, 0.3) is 0 Å². The molecule has 2 N–H and O–H groups in total. The molecule has 2 heterocycles. The summed E-state index contributed by atoms with van der Waals surface area (Å²) in [7, 11) is 1.64. The van der Waals surface area contributed by atoms with E-state index in [1.807, 2.05) is 54.5 Å². The number of aliphatic hydroxyl groups excluding tert-OH is 1. The second-order valence-electron chi connectivity index (χ2n) is 7.15. The fourth-order valence-corrected chi connectivity index (χ4v) is 4.26. The first-order chi connectivity index (χ1) is 14.2. The van der Waals surface area contributed by atoms with Gasteiger partial charge in [-0.15, -0.1) is 0 Å². The molecule has 0 aliphatic carbocycles. The predicted molar refractivity (Wildman–Crippen MR) is 118 cm³/mol. The topological polar surface area (TPSA) is 66.8 Å². The summed E-state index contributed by atoms with van der Waals surface area (Å²) in [5, 5.41) is 13.7. The van der Waals surface area contributed by atoms with E-state index in [1.54, 1.807) is 7.11 Å². The maximum Gasteiger partial charge on any atom is 0.161 e. The molecule has 1 aromatic carbocycles. The van der Waals surface area contributed by atoms with E-state index < -0.39 is 6.10 Å². The van der Waals surface area contributed by atoms with Crippen molar-refractivity contribution < 1.29 is 14.6 Å². The maximum atomic E-state index is 10.3. The second-order valence-corrected chi connectivity index (χ2v) is 8.37. The van der Waals surface area contributed by atoms with E-state index in [1.165, 1.54) is 5.56 Å². The molecule has 6 nitrogen and oxygen atoms in total. The standard InChI is InChI=1S/C22H31N3O3S/c1-27-22-14-19(15-24-9-6-18-4-7-23-8-5-18)2-3-21(22)28-17-20(26)16-25-10-12-29-13-11-25/h2-5,7-8,14,20,24,26H,6,9-13,15-17H2,1H3. The van der Waals surface area contributed by atoms with Crippen molar-refractivity contribution in [3.63, 3.8) is 0 Å². The molecular formula is C22H31N3O3S. The molecule has 1 saturated heterocycles. The highest BCUT2D eigenvalue weighted by Gasteiger charge is 2.16. The lowest BCUT2D eigenvalue weighted by molar-refractivity contribution is 0.0705. The van der Waals surface area contributed by atoms with Crippen molar-refractivity contribution in [1.29, 1.82) is 0 Å². The molecule has 0 bridgehead atoms. The second kappa shape index (κ2) is 12.0. The van der Waals surface area contributed by atoms with Crippen molar-refractivity contribution in [3.8, 4) is 11.5 Å². The van der Waals surface area contributed by atoms with Crippen LogP contribution in [0.2, 0.25) is 0 Å². The van der Waals surface area contributed by atoms with Crippen LogP contribution < -0.4 is 14.8 Å². The van der Waals surface area contributed by atoms with Gasteiger partial charge in [-0.05, 0) is 48.4 Å². The normalized spacial score (nSPS) is 15.8. The molecule has 2 aromatic rings. The van der Waals surface area contributed by atoms with Crippen molar-refractivity contribution in [2.24, 2.45) is 0 Å². The zero-order chi connectivity index (χ0) is 20.3. The largest absolute Gasteiger partial charge is 0.493 e. The maximum absolute atomic E-state index is 10.3. The van der Waals surface area contributed by atoms with Gasteiger partial charge in [-0.25, -0.2) is 0 Å². The Morgan fingerprint density at radius 2 is 1.93 bits per heavy atom. The lowest BCUT2D eigenvalue weighted by Crippen LogP contribution is -2.40. The lowest BCUT2D eigenvalue weighted by Gasteiger charge is -2.28. The number of benzene rings is 1. The summed E-state index contributed by atoms with van der Waals surface area (Å²) in [6.07, 6.45) is 4.11. The van der Waals surface area contributed by atoms with Gasteiger partial charge in [0.15, 0.2) is 11.5 Å². The minimum Gasteiger partial charge on any atom is -0.493 e. The van der Waals surface area contributed by atoms with Crippen LogP contribution in [0.4, 0.5) is 0 Å². The number of aromatic nitrogens is 1. The molecule has 0 saturated carbocycles. The van der Waals surface area contributed by atoms with Gasteiger partial charge < -0.3 is 19.9 Å². The van der Waals surface area contributed by atoms with Gasteiger partial charge >= 0.3 is 0 Å². The van der Waals surface area contributed by atoms with Gasteiger partial charge in [-0.1, -0.05) is 6.07 Å². The van der Waals surface area contributed by atoms with Crippen LogP contribution in [-0.4, -0.2) is 72.5 Å². The van der Waals surface area contributed by atoms with E-state index in [0.29, 0.717) is 18.0 Å². The fourth-order valence-electron chi connectivity index (χ4n) is 3.28. The van der Waals surface area contributed by atoms with Gasteiger partial charge in [-0.3, -0.25) is 9.88 Å². The Labute approximate surface area is 177 Å². The average Bonchev–Trinajstić information content (AvgIpc) is 2.77. The van der Waals surface area contributed by atoms with Gasteiger partial charge in [0.2, 0.25) is 0 Å². The molecule has 1 aromatic heterocycles. The lowest BCUT2D eigenvalue weighted by atomic mass is 10.1. The molecule has 7 heteroatoms. The minimum absolute atomic E-state index is 0.267. The number of hydrogen-bond donors (Lipinski definition) is 2. The van der Waals surface area contributed by atoms with Gasteiger partial charge in [-0.2, -0.15) is 11.8 Å². The summed E-state index contributed by atoms with van der Waals surface area (Å²) in [6.45, 7) is 4.65. The van der Waals surface area contributed by atoms with Gasteiger partial charge in [0, 0.05) is 50.1 Å². The summed E-state index contributed by atoms with van der Waals surface area (Å²) in [4.78, 5) is 6.33. The molecule has 3 rings (SSSR count). The number of hydrogen-bond acceptors (Lipinski definition) is 7. The molecular weight excluding hydrogens is 386 g/mol. The Kier molecular flexibility index (Phi) is 9.08. The number of aliphatic hydroxyl groups is 1. The number of methoxy groups -OCH3 is 1. The number of thioether (sulfide) groups is 1. The highest BCUT2D eigenvalue weighted by atomic mass is 32.2. The Morgan fingerprint density at radius 1 is 1.14 bits per heavy atom. The molecule has 0 radical (unpaired) electrons. The number of ether oxygens (including phenoxy) is 2. The monoisotopic (exact) mass is 417 g/mol. The molecule has 0 amide bonds. The first kappa shape index (κ1) is 21.9. The third-order valence-electron chi connectivity index (χ3n) is 4.90. The molecule has 1 fully saturated rings. The Morgan fingerprint density at radius 3 is 2.69 bits per heavy atom. The SMILES string of the molecule is COc1cc(CNCCc2ccncc2)ccc1OCC(O)CN1CCSCC1. The Balaban J connectivity index is 1.42. The number of β-amino-alcohol motifs (C(OH)–C–C–N with tert-alkyl or cyclic N) is 1. The van der Waals surface area contributed by atoms with Crippen LogP contribution in [0.5, 0.6) is 11.5 Å². The summed E-state index contributed by atoms with van der Waals surface area (Å²) < 4.78 is 11.3. The Bertz CT molecular complexity index is 726. The highest BCUT2D eigenvalue weighted by molar-refractivity contribution is 7.99. The first-order valence-electron chi connectivity index (χ1n) is 10.1. The molecule has 1 aliphatic heterocycles. The molecule has 1 unspecified atom stereocenters. The molecule has 29 heavy (non-hydrogen) atoms. The predicted octanol–water partition coefficient (Wildman–Crippen LogP) is 2.21. The first-order valence-corrected chi connectivity index (χ1v) is 11.3. The van der Waals surface area contributed by atoms with Gasteiger partial charge in [0.1, 0.15) is 12.7 Å². The fraction of sp³-hybridized carbons (Fsp3) is 0.500. The van der Waals surface area contributed by atoms with Crippen molar-refractivity contribution in [3.05, 3.63) is 53.9 Å². The van der Waals surface area contributed by atoms with Crippen LogP contribution >= 0.6 is 11.8 Å². The van der Waals surface area contributed by atoms with Crippen molar-refractivity contribution in [1.82, 2.24) is 15.2 Å². The molecule has 0 spiro atoms. The van der Waals surface area contributed by atoms with Crippen LogP contribution in [0.3, 0.4) is 0 Å². The van der Waals surface area contributed by atoms with Crippen LogP contribution in [-0.2, 0) is 13.0 Å². The van der Waals surface area contributed by atoms with E-state index >= 15 is 0 Å². The number of rotatable bonds is 11. The number of nitrogens with zero attached hydrogens (tertiary/aromatic N) is 2. The molecule has 1 aliphatic rings. The summed E-state index contributed by atoms with van der Waals surface area (Å²) in [5.41, 5.74) is 2.41. The van der Waals surface area contributed by atoms with Crippen molar-refractivity contribution in [2.75, 3.05) is 51.4 Å². The van der Waals surface area contributed by atoms with E-state index in [4.69, 9.17) is 9.47 Å². The van der Waals surface area contributed by atoms with Crippen molar-refractivity contribution >= 4 is 11.8 Å². The van der Waals surface area contributed by atoms with E-state index in [-0.39, 0.29) is 6.61 Å². The number of pyridine rings is 1. The third-order valence-corrected chi connectivity index (χ3v) is 5.84. The summed E-state index contributed by atoms with van der Waals surface area (Å²) >= 11 is 1.97. The zero-order valence-corrected chi connectivity index (χ0v) is 17.9. The molecule has 158 valence electrons. The highest BCUT2D eigenvalue weighted by Crippen LogP contribution is 2.28. The smallest absolute Gasteiger partial charge is 0.161 e. The summed E-state index contributed by atoms with van der Waals surface area (Å²) in [5.74, 6) is 3.64. The number of nitrogens with one attached hydrogen (secondary N) is 1. The molecule has 1 atom stereocenters. The van der Waals surface area contributed by atoms with Gasteiger partial charge in [0.05, 0.1) is 7.11 Å². The van der Waals surface area contributed by atoms with Crippen LogP contribution in [0.15, 0.2) is 42.7 Å². The van der Waals surface area contributed by atoms with E-state index in [2.05, 4.69) is 15.2 Å². The van der Waals surface area contributed by atoms with E-state index in [9.17, 15) is 5.11 Å². The van der Waals surface area contributed by atoms with Crippen LogP contribution in [0.25, 0.3) is 0 Å². The Hall–Kier alpha value is -1.80. The quantitative estimate of drug-likeness (QED) is 0.544. The minimum atomic E-state index is -0.502. The van der Waals surface area contributed by atoms with E-state index in [0.717, 1.165) is 49.7 Å². The van der Waals surface area contributed by atoms with Crippen LogP contribution in [0, 0.1) is 0 Å². The average molecular weight is 418 g/mol. The summed E-state index contributed by atoms with van der Waals surface area (Å²) in [6, 6.07) is 10.0. The zero-order valence-electron chi connectivity index (χ0n) is 17.0. The van der Waals surface area contributed by atoms with Crippen molar-refractivity contribution in [2.45, 2.75) is 19.1 Å². The van der Waals surface area contributed by atoms with Crippen LogP contribution in [0.1, 0.15) is 11.1 Å². The third kappa shape index (κ3) is 7.51.